The van der Waals surface area contributed by atoms with Gasteiger partial charge >= 0.3 is 5.97 Å². The van der Waals surface area contributed by atoms with E-state index in [4.69, 9.17) is 9.66 Å². The van der Waals surface area contributed by atoms with Gasteiger partial charge in [-0.15, -0.1) is 0 Å². The number of rotatable bonds is 4. The third-order valence-corrected chi connectivity index (χ3v) is 3.00. The van der Waals surface area contributed by atoms with Gasteiger partial charge < -0.3 is 5.11 Å². The topological polar surface area (TPSA) is 135 Å². The van der Waals surface area contributed by atoms with Crippen LogP contribution in [0.3, 0.4) is 0 Å². The fourth-order valence-electron chi connectivity index (χ4n) is 1.21. The number of hydrogen-bond donors (Lipinski definition) is 2. The van der Waals surface area contributed by atoms with Gasteiger partial charge in [0.25, 0.3) is 15.8 Å². The maximum absolute atomic E-state index is 10.8. The van der Waals surface area contributed by atoms with E-state index in [1.165, 1.54) is 0 Å². The van der Waals surface area contributed by atoms with E-state index in [0.29, 0.717) is 0 Å². The highest BCUT2D eigenvalue weighted by Gasteiger charge is 2.32. The first-order valence-corrected chi connectivity index (χ1v) is 5.67. The number of carbonyl (C=O) groups is 1. The molecule has 1 rings (SSSR count). The molecule has 1 aromatic carbocycles. The van der Waals surface area contributed by atoms with Crippen LogP contribution in [0.15, 0.2) is 24.3 Å². The summed E-state index contributed by atoms with van der Waals surface area (Å²) in [6.07, 6.45) is 0. The minimum absolute atomic E-state index is 0.259. The van der Waals surface area contributed by atoms with Crippen LogP contribution >= 0.6 is 0 Å². The molecule has 0 spiro atoms. The molecule has 1 aromatic rings. The van der Waals surface area contributed by atoms with E-state index in [1.54, 1.807) is 0 Å². The second kappa shape index (κ2) is 4.47. The lowest BCUT2D eigenvalue weighted by Gasteiger charge is -2.08. The molecule has 0 aliphatic rings. The van der Waals surface area contributed by atoms with Gasteiger partial charge in [-0.1, -0.05) is 12.1 Å². The first kappa shape index (κ1) is 13.1. The first-order valence-electron chi connectivity index (χ1n) is 4.17. The number of aliphatic carboxylic acids is 1. The summed E-state index contributed by atoms with van der Waals surface area (Å²) in [6, 6.07) is 3.84. The van der Waals surface area contributed by atoms with Crippen LogP contribution in [0.5, 0.6) is 0 Å². The van der Waals surface area contributed by atoms with Gasteiger partial charge in [-0.2, -0.15) is 8.42 Å². The average Bonchev–Trinajstić information content (AvgIpc) is 2.15. The molecule has 92 valence electrons. The van der Waals surface area contributed by atoms with E-state index in [2.05, 4.69) is 0 Å². The van der Waals surface area contributed by atoms with Crippen molar-refractivity contribution in [3.63, 3.8) is 0 Å². The highest BCUT2D eigenvalue weighted by molar-refractivity contribution is 7.86. The van der Waals surface area contributed by atoms with Crippen LogP contribution in [0.4, 0.5) is 5.69 Å². The molecule has 2 N–H and O–H groups in total. The largest absolute Gasteiger partial charge is 0.480 e. The summed E-state index contributed by atoms with van der Waals surface area (Å²) in [7, 11) is -4.82. The molecule has 0 heterocycles. The molecule has 9 heteroatoms. The van der Waals surface area contributed by atoms with Crippen molar-refractivity contribution in [2.45, 2.75) is 5.25 Å². The molecule has 0 radical (unpaired) electrons. The van der Waals surface area contributed by atoms with E-state index >= 15 is 0 Å². The molecule has 0 fully saturated rings. The molecule has 0 aliphatic carbocycles. The van der Waals surface area contributed by atoms with Gasteiger partial charge in [-0.25, -0.2) is 0 Å². The maximum atomic E-state index is 10.8. The Hall–Kier alpha value is -2.00. The van der Waals surface area contributed by atoms with Gasteiger partial charge in [-0.3, -0.25) is 19.5 Å². The van der Waals surface area contributed by atoms with Gasteiger partial charge in [0, 0.05) is 12.1 Å². The fourth-order valence-corrected chi connectivity index (χ4v) is 1.97. The number of non-ortho nitro benzene ring substituents is 1. The van der Waals surface area contributed by atoms with Crippen molar-refractivity contribution < 1.29 is 27.8 Å². The summed E-state index contributed by atoms with van der Waals surface area (Å²) in [5, 5.41) is 16.9. The Bertz CT molecular complexity index is 548. The maximum Gasteiger partial charge on any atom is 0.329 e. The Morgan fingerprint density at radius 2 is 1.76 bits per heavy atom. The van der Waals surface area contributed by atoms with Crippen molar-refractivity contribution in [3.8, 4) is 0 Å². The summed E-state index contributed by atoms with van der Waals surface area (Å²) in [5.74, 6) is -1.76. The lowest BCUT2D eigenvalue weighted by molar-refractivity contribution is -0.384. The minimum Gasteiger partial charge on any atom is -0.480 e. The number of carboxylic acids is 1. The van der Waals surface area contributed by atoms with Gasteiger partial charge in [0.2, 0.25) is 5.25 Å². The van der Waals surface area contributed by atoms with Crippen molar-refractivity contribution in [2.75, 3.05) is 0 Å². The van der Waals surface area contributed by atoms with Crippen LogP contribution in [0.1, 0.15) is 10.8 Å². The van der Waals surface area contributed by atoms with Crippen LogP contribution in [0.25, 0.3) is 0 Å². The number of benzene rings is 1. The smallest absolute Gasteiger partial charge is 0.329 e. The highest BCUT2D eigenvalue weighted by atomic mass is 32.2. The molecular weight excluding hydrogens is 254 g/mol. The average molecular weight is 261 g/mol. The lowest BCUT2D eigenvalue weighted by atomic mass is 10.1. The zero-order valence-corrected chi connectivity index (χ0v) is 8.99. The molecular formula is C8H7NO7S. The predicted molar refractivity (Wildman–Crippen MR) is 55.0 cm³/mol. The number of nitro benzene ring substituents is 1. The van der Waals surface area contributed by atoms with Gasteiger partial charge in [0.1, 0.15) is 0 Å². The van der Waals surface area contributed by atoms with Crippen molar-refractivity contribution in [3.05, 3.63) is 39.9 Å². The zero-order valence-electron chi connectivity index (χ0n) is 8.18. The molecule has 1 atom stereocenters. The van der Waals surface area contributed by atoms with Crippen molar-refractivity contribution in [2.24, 2.45) is 0 Å². The van der Waals surface area contributed by atoms with Crippen molar-refractivity contribution in [1.82, 2.24) is 0 Å². The van der Waals surface area contributed by atoms with Gasteiger partial charge in [-0.05, 0) is 5.56 Å². The van der Waals surface area contributed by atoms with Crippen molar-refractivity contribution >= 4 is 21.8 Å². The van der Waals surface area contributed by atoms with E-state index in [9.17, 15) is 23.3 Å². The van der Waals surface area contributed by atoms with Crippen molar-refractivity contribution in [1.29, 1.82) is 0 Å². The minimum atomic E-state index is -4.82. The Balaban J connectivity index is 3.22. The van der Waals surface area contributed by atoms with Crippen LogP contribution in [-0.2, 0) is 14.9 Å². The Kier molecular flexibility index (Phi) is 3.44. The second-order valence-corrected chi connectivity index (χ2v) is 4.58. The Morgan fingerprint density at radius 1 is 1.29 bits per heavy atom. The molecule has 0 saturated carbocycles. The van der Waals surface area contributed by atoms with Crippen LogP contribution in [-0.4, -0.2) is 29.0 Å². The molecule has 0 unspecified atom stereocenters. The zero-order chi connectivity index (χ0) is 13.2. The van der Waals surface area contributed by atoms with Crippen LogP contribution in [0.2, 0.25) is 0 Å². The van der Waals surface area contributed by atoms with Gasteiger partial charge in [0.05, 0.1) is 4.92 Å². The normalized spacial score (nSPS) is 13.0. The number of nitrogens with zero attached hydrogens (tertiary/aromatic N) is 1. The van der Waals surface area contributed by atoms with E-state index in [0.717, 1.165) is 24.3 Å². The quantitative estimate of drug-likeness (QED) is 0.460. The Labute approximate surface area is 95.4 Å². The highest BCUT2D eigenvalue weighted by Crippen LogP contribution is 2.23. The molecule has 17 heavy (non-hydrogen) atoms. The van der Waals surface area contributed by atoms with Crippen LogP contribution in [0, 0.1) is 10.1 Å². The first-order chi connectivity index (χ1) is 7.73. The number of carboxylic acid groups (broad SMARTS) is 1. The third-order valence-electron chi connectivity index (χ3n) is 1.93. The standard InChI is InChI=1S/C8H7NO7S/c10-8(11)7(17(14,15)16)5-1-3-6(4-2-5)9(12)13/h1-4,7H,(H,10,11)(H,14,15,16)/t7-/m1/s1. The van der Waals surface area contributed by atoms with E-state index in [1.807, 2.05) is 0 Å². The lowest BCUT2D eigenvalue weighted by Crippen LogP contribution is -2.21. The van der Waals surface area contributed by atoms with Gasteiger partial charge in [0.15, 0.2) is 0 Å². The summed E-state index contributed by atoms with van der Waals surface area (Å²) in [4.78, 5) is 20.3. The number of hydrogen-bond acceptors (Lipinski definition) is 5. The SMILES string of the molecule is O=C(O)[C@@H](c1ccc([N+](=O)[O-])cc1)S(=O)(=O)O. The summed E-state index contributed by atoms with van der Waals surface area (Å²) < 4.78 is 30.4. The number of nitro groups is 1. The Morgan fingerprint density at radius 3 is 2.06 bits per heavy atom. The van der Waals surface area contributed by atoms with E-state index < -0.39 is 26.3 Å². The molecule has 0 aliphatic heterocycles. The summed E-state index contributed by atoms with van der Waals surface area (Å²) in [5.41, 5.74) is -0.571. The summed E-state index contributed by atoms with van der Waals surface area (Å²) >= 11 is 0. The fraction of sp³-hybridized carbons (Fsp3) is 0.125. The molecule has 0 amide bonds. The monoisotopic (exact) mass is 261 g/mol. The molecule has 8 nitrogen and oxygen atoms in total. The second-order valence-electron chi connectivity index (χ2n) is 3.08. The molecule has 0 bridgehead atoms. The third kappa shape index (κ3) is 2.98. The van der Waals surface area contributed by atoms with E-state index in [-0.39, 0.29) is 11.3 Å². The molecule has 0 aromatic heterocycles. The van der Waals surface area contributed by atoms with Crippen LogP contribution < -0.4 is 0 Å². The molecule has 0 saturated heterocycles. The predicted octanol–water partition coefficient (Wildman–Crippen LogP) is 0.608. The summed E-state index contributed by atoms with van der Waals surface area (Å²) in [6.45, 7) is 0.